The molecular formula is C14H18FN3OS. The van der Waals surface area contributed by atoms with E-state index in [0.717, 1.165) is 25.7 Å². The number of carbonyl (C=O) groups is 1. The third-order valence-electron chi connectivity index (χ3n) is 3.43. The molecule has 0 heterocycles. The number of urea groups is 1. The summed E-state index contributed by atoms with van der Waals surface area (Å²) in [6.45, 7) is 0. The summed E-state index contributed by atoms with van der Waals surface area (Å²) in [6, 6.07) is 4.11. The Hall–Kier alpha value is -1.69. The van der Waals surface area contributed by atoms with Crippen LogP contribution in [-0.4, -0.2) is 17.1 Å². The van der Waals surface area contributed by atoms with Crippen LogP contribution in [0, 0.1) is 5.82 Å². The number of rotatable bonds is 3. The van der Waals surface area contributed by atoms with Crippen molar-refractivity contribution >= 4 is 28.9 Å². The van der Waals surface area contributed by atoms with Crippen molar-refractivity contribution in [3.63, 3.8) is 0 Å². The molecule has 6 heteroatoms. The van der Waals surface area contributed by atoms with Crippen molar-refractivity contribution in [2.45, 2.75) is 38.1 Å². The summed E-state index contributed by atoms with van der Waals surface area (Å²) >= 11 is 4.76. The number of hydrogen-bond acceptors (Lipinski definition) is 2. The minimum atomic E-state index is -0.490. The standard InChI is InChI=1S/C14H18FN3OS/c15-12-7-6-10(8-11(12)13(16)20)18-14(19)17-9-4-2-1-3-5-9/h6-9H,1-5H2,(H2,16,20)(H2,17,18,19). The van der Waals surface area contributed by atoms with E-state index in [4.69, 9.17) is 18.0 Å². The molecule has 2 rings (SSSR count). The first-order valence-electron chi connectivity index (χ1n) is 6.73. The molecule has 1 aliphatic carbocycles. The summed E-state index contributed by atoms with van der Waals surface area (Å²) in [7, 11) is 0. The normalized spacial score (nSPS) is 15.7. The zero-order valence-electron chi connectivity index (χ0n) is 11.1. The molecule has 0 atom stereocenters. The number of benzene rings is 1. The Morgan fingerprint density at radius 1 is 1.30 bits per heavy atom. The zero-order valence-corrected chi connectivity index (χ0v) is 11.9. The van der Waals surface area contributed by atoms with Gasteiger partial charge < -0.3 is 16.4 Å². The van der Waals surface area contributed by atoms with E-state index < -0.39 is 5.82 Å². The molecule has 1 aromatic rings. The SMILES string of the molecule is NC(=S)c1cc(NC(=O)NC2CCCCC2)ccc1F. The monoisotopic (exact) mass is 295 g/mol. The molecule has 4 N–H and O–H groups in total. The number of carbonyl (C=O) groups excluding carboxylic acids is 1. The highest BCUT2D eigenvalue weighted by Crippen LogP contribution is 2.18. The van der Waals surface area contributed by atoms with Crippen LogP contribution in [0.2, 0.25) is 0 Å². The van der Waals surface area contributed by atoms with E-state index in [9.17, 15) is 9.18 Å². The molecule has 0 radical (unpaired) electrons. The lowest BCUT2D eigenvalue weighted by atomic mass is 9.96. The molecule has 1 fully saturated rings. The van der Waals surface area contributed by atoms with Crippen LogP contribution < -0.4 is 16.4 Å². The number of hydrogen-bond donors (Lipinski definition) is 3. The van der Waals surface area contributed by atoms with E-state index in [-0.39, 0.29) is 22.6 Å². The summed E-state index contributed by atoms with van der Waals surface area (Å²) in [4.78, 5) is 11.8. The fourth-order valence-electron chi connectivity index (χ4n) is 2.39. The molecule has 1 saturated carbocycles. The maximum atomic E-state index is 13.4. The van der Waals surface area contributed by atoms with Crippen molar-refractivity contribution in [1.82, 2.24) is 5.32 Å². The van der Waals surface area contributed by atoms with Crippen molar-refractivity contribution < 1.29 is 9.18 Å². The minimum absolute atomic E-state index is 0.0289. The van der Waals surface area contributed by atoms with E-state index in [0.29, 0.717) is 5.69 Å². The van der Waals surface area contributed by atoms with Crippen molar-refractivity contribution in [3.05, 3.63) is 29.6 Å². The van der Waals surface area contributed by atoms with Gasteiger partial charge in [-0.25, -0.2) is 9.18 Å². The highest BCUT2D eigenvalue weighted by molar-refractivity contribution is 7.80. The van der Waals surface area contributed by atoms with Gasteiger partial charge in [0, 0.05) is 17.3 Å². The van der Waals surface area contributed by atoms with Crippen LogP contribution in [0.3, 0.4) is 0 Å². The van der Waals surface area contributed by atoms with Gasteiger partial charge in [-0.3, -0.25) is 0 Å². The lowest BCUT2D eigenvalue weighted by Crippen LogP contribution is -2.39. The quantitative estimate of drug-likeness (QED) is 0.751. The predicted octanol–water partition coefficient (Wildman–Crippen LogP) is 2.91. The Bertz CT molecular complexity index is 515. The third kappa shape index (κ3) is 3.90. The molecule has 0 aromatic heterocycles. The summed E-state index contributed by atoms with van der Waals surface area (Å²) in [5.41, 5.74) is 6.04. The van der Waals surface area contributed by atoms with Gasteiger partial charge in [0.1, 0.15) is 10.8 Å². The highest BCUT2D eigenvalue weighted by Gasteiger charge is 2.16. The lowest BCUT2D eigenvalue weighted by Gasteiger charge is -2.22. The van der Waals surface area contributed by atoms with Crippen LogP contribution in [0.1, 0.15) is 37.7 Å². The molecule has 20 heavy (non-hydrogen) atoms. The molecule has 2 amide bonds. The Labute approximate surface area is 122 Å². The molecule has 0 saturated heterocycles. The first kappa shape index (κ1) is 14.7. The molecule has 0 bridgehead atoms. The molecular weight excluding hydrogens is 277 g/mol. The number of thiocarbonyl (C=S) groups is 1. The van der Waals surface area contributed by atoms with Gasteiger partial charge in [0.15, 0.2) is 0 Å². The van der Waals surface area contributed by atoms with Gasteiger partial charge in [0.2, 0.25) is 0 Å². The largest absolute Gasteiger partial charge is 0.389 e. The molecule has 0 unspecified atom stereocenters. The van der Waals surface area contributed by atoms with Crippen LogP contribution in [-0.2, 0) is 0 Å². The maximum Gasteiger partial charge on any atom is 0.319 e. The number of halogens is 1. The predicted molar refractivity (Wildman–Crippen MR) is 81.3 cm³/mol. The molecule has 1 aliphatic rings. The van der Waals surface area contributed by atoms with E-state index in [2.05, 4.69) is 10.6 Å². The number of nitrogens with one attached hydrogen (secondary N) is 2. The fourth-order valence-corrected chi connectivity index (χ4v) is 2.55. The van der Waals surface area contributed by atoms with Crippen molar-refractivity contribution in [3.8, 4) is 0 Å². The van der Waals surface area contributed by atoms with Gasteiger partial charge in [-0.1, -0.05) is 31.5 Å². The molecule has 0 spiro atoms. The van der Waals surface area contributed by atoms with E-state index >= 15 is 0 Å². The lowest BCUT2D eigenvalue weighted by molar-refractivity contribution is 0.244. The Kier molecular flexibility index (Phi) is 4.89. The minimum Gasteiger partial charge on any atom is -0.389 e. The molecule has 1 aromatic carbocycles. The number of amides is 2. The van der Waals surface area contributed by atoms with Crippen LogP contribution >= 0.6 is 12.2 Å². The van der Waals surface area contributed by atoms with Crippen LogP contribution in [0.25, 0.3) is 0 Å². The van der Waals surface area contributed by atoms with Crippen molar-refractivity contribution in [2.75, 3.05) is 5.32 Å². The van der Waals surface area contributed by atoms with Crippen molar-refractivity contribution in [2.24, 2.45) is 5.73 Å². The summed E-state index contributed by atoms with van der Waals surface area (Å²) in [5.74, 6) is -0.490. The molecule has 108 valence electrons. The first-order valence-corrected chi connectivity index (χ1v) is 7.14. The third-order valence-corrected chi connectivity index (χ3v) is 3.65. The van der Waals surface area contributed by atoms with Gasteiger partial charge in [-0.2, -0.15) is 0 Å². The summed E-state index contributed by atoms with van der Waals surface area (Å²) in [6.07, 6.45) is 5.54. The van der Waals surface area contributed by atoms with Crippen molar-refractivity contribution in [1.29, 1.82) is 0 Å². The van der Waals surface area contributed by atoms with E-state index in [1.807, 2.05) is 0 Å². The number of anilines is 1. The average molecular weight is 295 g/mol. The zero-order chi connectivity index (χ0) is 14.5. The second-order valence-corrected chi connectivity index (χ2v) is 5.43. The first-order chi connectivity index (χ1) is 9.56. The molecule has 4 nitrogen and oxygen atoms in total. The summed E-state index contributed by atoms with van der Waals surface area (Å²) < 4.78 is 13.4. The summed E-state index contributed by atoms with van der Waals surface area (Å²) in [5, 5.41) is 5.60. The van der Waals surface area contributed by atoms with Crippen LogP contribution in [0.5, 0.6) is 0 Å². The average Bonchev–Trinajstić information content (AvgIpc) is 2.41. The smallest absolute Gasteiger partial charge is 0.319 e. The van der Waals surface area contributed by atoms with Gasteiger partial charge in [0.05, 0.1) is 0 Å². The highest BCUT2D eigenvalue weighted by atomic mass is 32.1. The van der Waals surface area contributed by atoms with Gasteiger partial charge in [0.25, 0.3) is 0 Å². The maximum absolute atomic E-state index is 13.4. The van der Waals surface area contributed by atoms with E-state index in [1.54, 1.807) is 0 Å². The fraction of sp³-hybridized carbons (Fsp3) is 0.429. The van der Waals surface area contributed by atoms with E-state index in [1.165, 1.54) is 24.6 Å². The number of nitrogens with two attached hydrogens (primary N) is 1. The van der Waals surface area contributed by atoms with Crippen LogP contribution in [0.15, 0.2) is 18.2 Å². The molecule has 0 aliphatic heterocycles. The van der Waals surface area contributed by atoms with Gasteiger partial charge in [-0.15, -0.1) is 0 Å². The Morgan fingerprint density at radius 3 is 2.65 bits per heavy atom. The topological polar surface area (TPSA) is 67.1 Å². The van der Waals surface area contributed by atoms with Gasteiger partial charge >= 0.3 is 6.03 Å². The second kappa shape index (κ2) is 6.65. The Morgan fingerprint density at radius 2 is 2.00 bits per heavy atom. The van der Waals surface area contributed by atoms with Gasteiger partial charge in [-0.05, 0) is 31.0 Å². The second-order valence-electron chi connectivity index (χ2n) is 4.99. The van der Waals surface area contributed by atoms with Crippen LogP contribution in [0.4, 0.5) is 14.9 Å². The Balaban J connectivity index is 1.96.